The van der Waals surface area contributed by atoms with Gasteiger partial charge in [0, 0.05) is 13.6 Å². The Kier molecular flexibility index (Phi) is 9.52. The monoisotopic (exact) mass is 537 g/mol. The number of likely N-dealkylation sites (N-methyl/N-ethyl adjacent to an activating group) is 1. The zero-order valence-corrected chi connectivity index (χ0v) is 23.3. The van der Waals surface area contributed by atoms with Gasteiger partial charge in [0.1, 0.15) is 18.3 Å². The van der Waals surface area contributed by atoms with Gasteiger partial charge in [-0.05, 0) is 61.7 Å². The lowest BCUT2D eigenvalue weighted by atomic mass is 10.1. The maximum atomic E-state index is 13.9. The van der Waals surface area contributed by atoms with E-state index in [-0.39, 0.29) is 17.3 Å². The average molecular weight is 538 g/mol. The predicted molar refractivity (Wildman–Crippen MR) is 149 cm³/mol. The van der Waals surface area contributed by atoms with E-state index in [4.69, 9.17) is 4.74 Å². The number of carbonyl (C=O) groups is 2. The summed E-state index contributed by atoms with van der Waals surface area (Å²) in [4.78, 5) is 28.3. The highest BCUT2D eigenvalue weighted by Crippen LogP contribution is 2.28. The summed E-state index contributed by atoms with van der Waals surface area (Å²) < 4.78 is 34.1. The second-order valence-electron chi connectivity index (χ2n) is 9.02. The minimum absolute atomic E-state index is 0.0767. The van der Waals surface area contributed by atoms with Crippen LogP contribution in [0.1, 0.15) is 30.0 Å². The lowest BCUT2D eigenvalue weighted by Gasteiger charge is -2.33. The molecule has 3 aromatic carbocycles. The first-order chi connectivity index (χ1) is 18.1. The molecule has 9 heteroatoms. The van der Waals surface area contributed by atoms with Gasteiger partial charge in [-0.15, -0.1) is 0 Å². The standard InChI is InChI=1S/C29H35N3O5S/c1-6-26(29(34)30-4)31(19-23-13-15-24(37-5)16-14-23)28(33)20-32(27-17-12-21(2)18-22(27)3)38(35,36)25-10-8-7-9-11-25/h7-18,26H,6,19-20H2,1-5H3,(H,30,34). The number of methoxy groups -OCH3 is 1. The number of hydrogen-bond acceptors (Lipinski definition) is 5. The Morgan fingerprint density at radius 3 is 2.18 bits per heavy atom. The molecule has 0 spiro atoms. The van der Waals surface area contributed by atoms with Gasteiger partial charge in [0.15, 0.2) is 0 Å². The molecular weight excluding hydrogens is 502 g/mol. The first-order valence-electron chi connectivity index (χ1n) is 12.4. The van der Waals surface area contributed by atoms with E-state index in [1.165, 1.54) is 24.1 Å². The van der Waals surface area contributed by atoms with Crippen molar-refractivity contribution in [2.45, 2.75) is 44.7 Å². The number of nitrogens with zero attached hydrogens (tertiary/aromatic N) is 2. The third-order valence-electron chi connectivity index (χ3n) is 6.38. The molecule has 0 aromatic heterocycles. The summed E-state index contributed by atoms with van der Waals surface area (Å²) in [6.07, 6.45) is 0.358. The van der Waals surface area contributed by atoms with Crippen LogP contribution >= 0.6 is 0 Å². The molecule has 0 radical (unpaired) electrons. The van der Waals surface area contributed by atoms with Gasteiger partial charge in [0.2, 0.25) is 11.8 Å². The van der Waals surface area contributed by atoms with Crippen LogP contribution in [0.2, 0.25) is 0 Å². The molecule has 1 atom stereocenters. The van der Waals surface area contributed by atoms with Gasteiger partial charge in [0.25, 0.3) is 10.0 Å². The predicted octanol–water partition coefficient (Wildman–Crippen LogP) is 4.06. The topological polar surface area (TPSA) is 96.0 Å². The summed E-state index contributed by atoms with van der Waals surface area (Å²) in [5.41, 5.74) is 2.88. The van der Waals surface area contributed by atoms with Gasteiger partial charge >= 0.3 is 0 Å². The highest BCUT2D eigenvalue weighted by Gasteiger charge is 2.33. The van der Waals surface area contributed by atoms with E-state index in [1.807, 2.05) is 45.0 Å². The molecule has 3 rings (SSSR count). The fourth-order valence-electron chi connectivity index (χ4n) is 4.33. The molecule has 1 unspecified atom stereocenters. The first-order valence-corrected chi connectivity index (χ1v) is 13.8. The van der Waals surface area contributed by atoms with Crippen LogP contribution in [0.5, 0.6) is 5.75 Å². The van der Waals surface area contributed by atoms with Gasteiger partial charge in [-0.1, -0.05) is 55.0 Å². The Morgan fingerprint density at radius 1 is 0.974 bits per heavy atom. The van der Waals surface area contributed by atoms with Crippen molar-refractivity contribution in [1.82, 2.24) is 10.2 Å². The van der Waals surface area contributed by atoms with Crippen molar-refractivity contribution < 1.29 is 22.7 Å². The normalized spacial score (nSPS) is 11.9. The Balaban J connectivity index is 2.07. The van der Waals surface area contributed by atoms with Crippen LogP contribution in [0.3, 0.4) is 0 Å². The summed E-state index contributed by atoms with van der Waals surface area (Å²) in [5.74, 6) is -0.144. The van der Waals surface area contributed by atoms with E-state index in [0.717, 1.165) is 21.0 Å². The van der Waals surface area contributed by atoms with Crippen LogP contribution < -0.4 is 14.4 Å². The zero-order chi connectivity index (χ0) is 27.9. The van der Waals surface area contributed by atoms with Gasteiger partial charge in [-0.2, -0.15) is 0 Å². The molecule has 0 fully saturated rings. The third kappa shape index (κ3) is 6.52. The molecule has 3 aromatic rings. The highest BCUT2D eigenvalue weighted by molar-refractivity contribution is 7.92. The van der Waals surface area contributed by atoms with Crippen LogP contribution in [0.15, 0.2) is 77.7 Å². The van der Waals surface area contributed by atoms with E-state index >= 15 is 0 Å². The number of sulfonamides is 1. The van der Waals surface area contributed by atoms with E-state index < -0.39 is 28.5 Å². The van der Waals surface area contributed by atoms with Crippen LogP contribution in [0, 0.1) is 13.8 Å². The van der Waals surface area contributed by atoms with Gasteiger partial charge in [-0.25, -0.2) is 8.42 Å². The van der Waals surface area contributed by atoms with Crippen LogP contribution in [0.4, 0.5) is 5.69 Å². The Labute approximate surface area is 225 Å². The summed E-state index contributed by atoms with van der Waals surface area (Å²) in [6.45, 7) is 5.21. The smallest absolute Gasteiger partial charge is 0.264 e. The summed E-state index contributed by atoms with van der Waals surface area (Å²) in [7, 11) is -1.00. The van der Waals surface area contributed by atoms with Crippen molar-refractivity contribution >= 4 is 27.5 Å². The molecule has 202 valence electrons. The molecule has 0 bridgehead atoms. The molecule has 38 heavy (non-hydrogen) atoms. The second-order valence-corrected chi connectivity index (χ2v) is 10.9. The quantitative estimate of drug-likeness (QED) is 0.398. The van der Waals surface area contributed by atoms with Gasteiger partial charge < -0.3 is 15.0 Å². The van der Waals surface area contributed by atoms with Crippen molar-refractivity contribution in [3.8, 4) is 5.75 Å². The molecule has 0 aliphatic heterocycles. The summed E-state index contributed by atoms with van der Waals surface area (Å²) >= 11 is 0. The number of anilines is 1. The minimum Gasteiger partial charge on any atom is -0.497 e. The SMILES string of the molecule is CCC(C(=O)NC)N(Cc1ccc(OC)cc1)C(=O)CN(c1ccc(C)cc1C)S(=O)(=O)c1ccccc1. The molecular formula is C29H35N3O5S. The Bertz CT molecular complexity index is 1360. The number of aryl methyl sites for hydroxylation is 2. The second kappa shape index (κ2) is 12.6. The van der Waals surface area contributed by atoms with E-state index in [1.54, 1.807) is 43.5 Å². The third-order valence-corrected chi connectivity index (χ3v) is 8.15. The number of nitrogens with one attached hydrogen (secondary N) is 1. The molecule has 0 aliphatic carbocycles. The number of rotatable bonds is 11. The van der Waals surface area contributed by atoms with E-state index in [2.05, 4.69) is 5.32 Å². The number of carbonyl (C=O) groups excluding carboxylic acids is 2. The first kappa shape index (κ1) is 28.7. The molecule has 2 amide bonds. The lowest BCUT2D eigenvalue weighted by molar-refractivity contribution is -0.140. The lowest BCUT2D eigenvalue weighted by Crippen LogP contribution is -2.51. The molecule has 0 aliphatic rings. The fraction of sp³-hybridized carbons (Fsp3) is 0.310. The van der Waals surface area contributed by atoms with Crippen molar-refractivity contribution in [1.29, 1.82) is 0 Å². The van der Waals surface area contributed by atoms with Crippen molar-refractivity contribution in [2.75, 3.05) is 25.0 Å². The molecule has 0 saturated heterocycles. The van der Waals surface area contributed by atoms with Crippen LogP contribution in [-0.2, 0) is 26.2 Å². The molecule has 0 saturated carbocycles. The van der Waals surface area contributed by atoms with E-state index in [0.29, 0.717) is 17.9 Å². The minimum atomic E-state index is -4.09. The highest BCUT2D eigenvalue weighted by atomic mass is 32.2. The molecule has 8 nitrogen and oxygen atoms in total. The van der Waals surface area contributed by atoms with Gasteiger partial charge in [0.05, 0.1) is 17.7 Å². The van der Waals surface area contributed by atoms with Crippen LogP contribution in [0.25, 0.3) is 0 Å². The van der Waals surface area contributed by atoms with Crippen molar-refractivity contribution in [3.63, 3.8) is 0 Å². The Morgan fingerprint density at radius 2 is 1.63 bits per heavy atom. The molecule has 0 heterocycles. The maximum Gasteiger partial charge on any atom is 0.264 e. The number of benzene rings is 3. The number of ether oxygens (including phenoxy) is 1. The summed E-state index contributed by atoms with van der Waals surface area (Å²) in [5, 5.41) is 2.63. The average Bonchev–Trinajstić information content (AvgIpc) is 2.92. The van der Waals surface area contributed by atoms with Crippen LogP contribution in [-0.4, -0.2) is 51.9 Å². The largest absolute Gasteiger partial charge is 0.497 e. The Hall–Kier alpha value is -3.85. The van der Waals surface area contributed by atoms with Gasteiger partial charge in [-0.3, -0.25) is 13.9 Å². The number of amides is 2. The van der Waals surface area contributed by atoms with Crippen molar-refractivity contribution in [3.05, 3.63) is 89.5 Å². The fourth-order valence-corrected chi connectivity index (χ4v) is 5.83. The number of hydrogen-bond donors (Lipinski definition) is 1. The van der Waals surface area contributed by atoms with Crippen molar-refractivity contribution in [2.24, 2.45) is 0 Å². The van der Waals surface area contributed by atoms with E-state index in [9.17, 15) is 18.0 Å². The zero-order valence-electron chi connectivity index (χ0n) is 22.5. The summed E-state index contributed by atoms with van der Waals surface area (Å²) in [6, 6.07) is 19.8. The molecule has 1 N–H and O–H groups in total. The maximum absolute atomic E-state index is 13.9.